The number of aliphatic hydroxyl groups is 2. The van der Waals surface area contributed by atoms with Crippen LogP contribution in [0.15, 0.2) is 18.2 Å². The number of aliphatic hydroxyl groups excluding tert-OH is 2. The van der Waals surface area contributed by atoms with Crippen molar-refractivity contribution >= 4 is 11.9 Å². The Morgan fingerprint density at radius 2 is 1.97 bits per heavy atom. The molecule has 1 aromatic carbocycles. The topological polar surface area (TPSA) is 136 Å². The lowest BCUT2D eigenvalue weighted by Gasteiger charge is -2.32. The number of hydrogen-bond acceptors (Lipinski definition) is 6. The van der Waals surface area contributed by atoms with Gasteiger partial charge in [-0.15, -0.1) is 0 Å². The van der Waals surface area contributed by atoms with Crippen molar-refractivity contribution in [3.63, 3.8) is 0 Å². The van der Waals surface area contributed by atoms with Crippen molar-refractivity contribution in [2.45, 2.75) is 89.4 Å². The fourth-order valence-corrected chi connectivity index (χ4v) is 5.91. The molecule has 8 nitrogen and oxygen atoms in total. The number of hydrogen-bond donors (Lipinski definition) is 5. The summed E-state index contributed by atoms with van der Waals surface area (Å²) in [6.45, 7) is 2.61. The van der Waals surface area contributed by atoms with Crippen LogP contribution >= 0.6 is 0 Å². The number of carbonyl (C=O) groups is 2. The smallest absolute Gasteiger partial charge is 0.321 e. The van der Waals surface area contributed by atoms with Crippen LogP contribution in [-0.2, 0) is 22.4 Å². The van der Waals surface area contributed by atoms with Gasteiger partial charge in [-0.25, -0.2) is 0 Å². The summed E-state index contributed by atoms with van der Waals surface area (Å²) in [5.74, 6) is -0.583. The molecule has 35 heavy (non-hydrogen) atoms. The molecule has 0 radical (unpaired) electrons. The second-order valence-electron chi connectivity index (χ2n) is 10.2. The fraction of sp³-hybridized carbons (Fsp3) is 0.704. The first kappa shape index (κ1) is 27.4. The zero-order valence-corrected chi connectivity index (χ0v) is 20.7. The molecule has 196 valence electrons. The standard InChI is InChI=1S/C27H41NO7/c1-2-3-4-7-19(29)9-10-20-21-13-17-6-5-8-25(22(17)14-18(21)15-24(20)30)35-12-11-28-23(27(33)34)16-26(31)32/h5-6,8,18-21,23-24,28-30H,2-4,7,9-16H2,1H3,(H,31,32)(H,33,34)/t18-,19-,20+,21-,23?,24+/m0/s1. The van der Waals surface area contributed by atoms with Gasteiger partial charge in [0.1, 0.15) is 18.4 Å². The minimum absolute atomic E-state index is 0.213. The maximum absolute atomic E-state index is 11.2. The molecular weight excluding hydrogens is 450 g/mol. The van der Waals surface area contributed by atoms with E-state index in [0.29, 0.717) is 11.8 Å². The molecule has 6 atom stereocenters. The molecular formula is C27H41NO7. The molecule has 2 aliphatic carbocycles. The average Bonchev–Trinajstić information content (AvgIpc) is 3.11. The van der Waals surface area contributed by atoms with Gasteiger partial charge in [-0.3, -0.25) is 9.59 Å². The zero-order chi connectivity index (χ0) is 25.4. The van der Waals surface area contributed by atoms with E-state index in [1.807, 2.05) is 12.1 Å². The SMILES string of the molecule is CCCCC[C@H](O)CC[C@@H]1[C@H]2Cc3cccc(OCCNC(CC(=O)O)C(=O)O)c3C[C@H]2C[C@H]1O. The minimum Gasteiger partial charge on any atom is -0.492 e. The van der Waals surface area contributed by atoms with E-state index in [1.54, 1.807) is 0 Å². The molecule has 0 heterocycles. The third-order valence-electron chi connectivity index (χ3n) is 7.75. The van der Waals surface area contributed by atoms with Crippen LogP contribution in [0.4, 0.5) is 0 Å². The number of rotatable bonds is 15. The Hall–Kier alpha value is -2.16. The van der Waals surface area contributed by atoms with Crippen LogP contribution in [0.3, 0.4) is 0 Å². The van der Waals surface area contributed by atoms with Crippen LogP contribution in [0.1, 0.15) is 69.4 Å². The number of fused-ring (bicyclic) bond motifs is 2. The summed E-state index contributed by atoms with van der Waals surface area (Å²) < 4.78 is 5.97. The summed E-state index contributed by atoms with van der Waals surface area (Å²) in [6.07, 6.45) is 7.18. The lowest BCUT2D eigenvalue weighted by molar-refractivity contribution is -0.145. The van der Waals surface area contributed by atoms with E-state index in [1.165, 1.54) is 5.56 Å². The predicted octanol–water partition coefficient (Wildman–Crippen LogP) is 3.02. The van der Waals surface area contributed by atoms with E-state index in [0.717, 1.165) is 69.1 Å². The Kier molecular flexibility index (Phi) is 10.4. The number of benzene rings is 1. The number of unbranched alkanes of at least 4 members (excludes halogenated alkanes) is 2. The van der Waals surface area contributed by atoms with Gasteiger partial charge in [-0.2, -0.15) is 0 Å². The normalized spacial score (nSPS) is 24.9. The van der Waals surface area contributed by atoms with Crippen molar-refractivity contribution < 1.29 is 34.8 Å². The molecule has 8 heteroatoms. The van der Waals surface area contributed by atoms with E-state index < -0.39 is 24.4 Å². The van der Waals surface area contributed by atoms with Crippen molar-refractivity contribution in [1.29, 1.82) is 0 Å². The largest absolute Gasteiger partial charge is 0.492 e. The second-order valence-corrected chi connectivity index (χ2v) is 10.2. The minimum atomic E-state index is -1.20. The van der Waals surface area contributed by atoms with Crippen molar-refractivity contribution in [3.8, 4) is 5.75 Å². The molecule has 1 saturated carbocycles. The highest BCUT2D eigenvalue weighted by atomic mass is 16.5. The Morgan fingerprint density at radius 3 is 2.69 bits per heavy atom. The van der Waals surface area contributed by atoms with Crippen LogP contribution < -0.4 is 10.1 Å². The lowest BCUT2D eigenvalue weighted by Crippen LogP contribution is -2.40. The lowest BCUT2D eigenvalue weighted by atomic mass is 9.73. The van der Waals surface area contributed by atoms with Gasteiger partial charge in [-0.05, 0) is 73.5 Å². The molecule has 0 bridgehead atoms. The Morgan fingerprint density at radius 1 is 1.17 bits per heavy atom. The van der Waals surface area contributed by atoms with Gasteiger partial charge in [0, 0.05) is 6.54 Å². The van der Waals surface area contributed by atoms with Crippen molar-refractivity contribution in [1.82, 2.24) is 5.32 Å². The predicted molar refractivity (Wildman–Crippen MR) is 132 cm³/mol. The van der Waals surface area contributed by atoms with Gasteiger partial charge < -0.3 is 30.5 Å². The number of aliphatic carboxylic acids is 2. The van der Waals surface area contributed by atoms with Gasteiger partial charge >= 0.3 is 11.9 Å². The summed E-state index contributed by atoms with van der Waals surface area (Å²) >= 11 is 0. The van der Waals surface area contributed by atoms with Gasteiger partial charge in [0.15, 0.2) is 0 Å². The Balaban J connectivity index is 1.54. The first-order valence-corrected chi connectivity index (χ1v) is 13.1. The molecule has 0 amide bonds. The van der Waals surface area contributed by atoms with Crippen LogP contribution in [0, 0.1) is 17.8 Å². The van der Waals surface area contributed by atoms with Gasteiger partial charge in [0.2, 0.25) is 0 Å². The molecule has 0 spiro atoms. The number of carboxylic acid groups (broad SMARTS) is 2. The highest BCUT2D eigenvalue weighted by molar-refractivity contribution is 5.80. The zero-order valence-electron chi connectivity index (χ0n) is 20.7. The maximum atomic E-state index is 11.2. The molecule has 3 rings (SSSR count). The number of carboxylic acids is 2. The van der Waals surface area contributed by atoms with E-state index in [4.69, 9.17) is 14.9 Å². The van der Waals surface area contributed by atoms with Crippen LogP contribution in [0.5, 0.6) is 5.75 Å². The second kappa shape index (κ2) is 13.2. The first-order chi connectivity index (χ1) is 16.8. The summed E-state index contributed by atoms with van der Waals surface area (Å²) in [6, 6.07) is 4.85. The third kappa shape index (κ3) is 7.66. The van der Waals surface area contributed by atoms with Gasteiger partial charge in [0.25, 0.3) is 0 Å². The van der Waals surface area contributed by atoms with Crippen molar-refractivity contribution in [2.75, 3.05) is 13.2 Å². The van der Waals surface area contributed by atoms with E-state index in [9.17, 15) is 19.8 Å². The van der Waals surface area contributed by atoms with E-state index in [2.05, 4.69) is 18.3 Å². The van der Waals surface area contributed by atoms with Gasteiger partial charge in [-0.1, -0.05) is 38.3 Å². The highest BCUT2D eigenvalue weighted by Gasteiger charge is 2.44. The summed E-state index contributed by atoms with van der Waals surface area (Å²) in [5, 5.41) is 41.9. The number of nitrogens with one attached hydrogen (secondary N) is 1. The Bertz CT molecular complexity index is 845. The van der Waals surface area contributed by atoms with Crippen LogP contribution in [0.25, 0.3) is 0 Å². The highest BCUT2D eigenvalue weighted by Crippen LogP contribution is 2.48. The summed E-state index contributed by atoms with van der Waals surface area (Å²) in [5.41, 5.74) is 2.38. The Labute approximate surface area is 207 Å². The maximum Gasteiger partial charge on any atom is 0.321 e. The molecule has 0 aromatic heterocycles. The van der Waals surface area contributed by atoms with Crippen LogP contribution in [-0.4, -0.2) is 63.8 Å². The van der Waals surface area contributed by atoms with E-state index in [-0.39, 0.29) is 31.3 Å². The molecule has 1 aromatic rings. The van der Waals surface area contributed by atoms with E-state index >= 15 is 0 Å². The van der Waals surface area contributed by atoms with Gasteiger partial charge in [0.05, 0.1) is 18.6 Å². The van der Waals surface area contributed by atoms with Crippen LogP contribution in [0.2, 0.25) is 0 Å². The third-order valence-corrected chi connectivity index (χ3v) is 7.75. The van der Waals surface area contributed by atoms with Crippen molar-refractivity contribution in [2.24, 2.45) is 17.8 Å². The first-order valence-electron chi connectivity index (χ1n) is 13.1. The average molecular weight is 492 g/mol. The molecule has 1 unspecified atom stereocenters. The summed E-state index contributed by atoms with van der Waals surface area (Å²) in [7, 11) is 0. The molecule has 0 saturated heterocycles. The molecule has 1 fully saturated rings. The molecule has 2 aliphatic rings. The molecule has 0 aliphatic heterocycles. The fourth-order valence-electron chi connectivity index (χ4n) is 5.91. The monoisotopic (exact) mass is 491 g/mol. The quantitative estimate of drug-likeness (QED) is 0.236. The van der Waals surface area contributed by atoms with Crippen molar-refractivity contribution in [3.05, 3.63) is 29.3 Å². The molecule has 5 N–H and O–H groups in total. The number of ether oxygens (including phenoxy) is 1. The summed E-state index contributed by atoms with van der Waals surface area (Å²) in [4.78, 5) is 22.0.